The van der Waals surface area contributed by atoms with Crippen LogP contribution in [0.2, 0.25) is 0 Å². The van der Waals surface area contributed by atoms with Gasteiger partial charge in [-0.2, -0.15) is 11.3 Å². The minimum atomic E-state index is -0.474. The zero-order chi connectivity index (χ0) is 15.1. The van der Waals surface area contributed by atoms with Gasteiger partial charge >= 0.3 is 0 Å². The third-order valence-electron chi connectivity index (χ3n) is 3.16. The highest BCUT2D eigenvalue weighted by molar-refractivity contribution is 7.07. The predicted molar refractivity (Wildman–Crippen MR) is 86.6 cm³/mol. The van der Waals surface area contributed by atoms with E-state index in [9.17, 15) is 4.79 Å². The van der Waals surface area contributed by atoms with Gasteiger partial charge in [-0.15, -0.1) is 0 Å². The first-order valence-electron chi connectivity index (χ1n) is 7.22. The fourth-order valence-corrected chi connectivity index (χ4v) is 2.81. The molecule has 1 heterocycles. The van der Waals surface area contributed by atoms with Crippen LogP contribution in [0.15, 0.2) is 47.2 Å². The van der Waals surface area contributed by atoms with Gasteiger partial charge in [0.1, 0.15) is 5.75 Å². The Bertz CT molecular complexity index is 539. The largest absolute Gasteiger partial charge is 0.481 e. The normalized spacial score (nSPS) is 11.9. The molecule has 0 aliphatic heterocycles. The summed E-state index contributed by atoms with van der Waals surface area (Å²) in [7, 11) is 0. The first kappa shape index (κ1) is 15.6. The first-order valence-corrected chi connectivity index (χ1v) is 8.16. The van der Waals surface area contributed by atoms with E-state index in [-0.39, 0.29) is 5.91 Å². The topological polar surface area (TPSA) is 29.5 Å². The Morgan fingerprint density at radius 2 is 2.05 bits per heavy atom. The van der Waals surface area contributed by atoms with E-state index in [0.29, 0.717) is 6.54 Å². The highest BCUT2D eigenvalue weighted by Gasteiger charge is 2.21. The van der Waals surface area contributed by atoms with Gasteiger partial charge in [0.05, 0.1) is 0 Å². The molecule has 112 valence electrons. The fourth-order valence-electron chi connectivity index (χ4n) is 2.15. The Morgan fingerprint density at radius 1 is 1.29 bits per heavy atom. The van der Waals surface area contributed by atoms with Gasteiger partial charge in [0.2, 0.25) is 0 Å². The Morgan fingerprint density at radius 3 is 2.67 bits per heavy atom. The van der Waals surface area contributed by atoms with E-state index in [4.69, 9.17) is 4.74 Å². The van der Waals surface area contributed by atoms with Gasteiger partial charge in [-0.05, 0) is 47.9 Å². The lowest BCUT2D eigenvalue weighted by Crippen LogP contribution is -2.40. The molecular weight excluding hydrogens is 282 g/mol. The van der Waals surface area contributed by atoms with Crippen molar-refractivity contribution < 1.29 is 9.53 Å². The maximum atomic E-state index is 12.6. The van der Waals surface area contributed by atoms with Crippen molar-refractivity contribution >= 4 is 17.2 Å². The van der Waals surface area contributed by atoms with Gasteiger partial charge < -0.3 is 9.64 Å². The van der Waals surface area contributed by atoms with Crippen LogP contribution in [0.4, 0.5) is 0 Å². The number of thiophene rings is 1. The Kier molecular flexibility index (Phi) is 5.81. The van der Waals surface area contributed by atoms with Crippen LogP contribution in [-0.2, 0) is 11.3 Å². The molecule has 1 atom stereocenters. The number of para-hydroxylation sites is 1. The van der Waals surface area contributed by atoms with Crippen LogP contribution in [0.3, 0.4) is 0 Å². The van der Waals surface area contributed by atoms with E-state index >= 15 is 0 Å². The van der Waals surface area contributed by atoms with Crippen molar-refractivity contribution in [1.29, 1.82) is 0 Å². The van der Waals surface area contributed by atoms with Gasteiger partial charge in [-0.25, -0.2) is 0 Å². The van der Waals surface area contributed by atoms with Crippen molar-refractivity contribution in [2.75, 3.05) is 6.54 Å². The zero-order valence-electron chi connectivity index (χ0n) is 12.5. The number of carbonyl (C=O) groups excluding carboxylic acids is 1. The molecule has 0 spiro atoms. The SMILES string of the molecule is CCCN(Cc1ccsc1)C(=O)[C@@H](C)Oc1ccccc1. The lowest BCUT2D eigenvalue weighted by atomic mass is 10.2. The van der Waals surface area contributed by atoms with E-state index in [1.165, 1.54) is 5.56 Å². The average molecular weight is 303 g/mol. The van der Waals surface area contributed by atoms with Crippen molar-refractivity contribution in [1.82, 2.24) is 4.90 Å². The minimum Gasteiger partial charge on any atom is -0.481 e. The number of benzene rings is 1. The van der Waals surface area contributed by atoms with Crippen LogP contribution < -0.4 is 4.74 Å². The molecule has 1 amide bonds. The van der Waals surface area contributed by atoms with Crippen molar-refractivity contribution in [3.63, 3.8) is 0 Å². The summed E-state index contributed by atoms with van der Waals surface area (Å²) in [6, 6.07) is 11.5. The van der Waals surface area contributed by atoms with Crippen LogP contribution in [0.25, 0.3) is 0 Å². The van der Waals surface area contributed by atoms with Crippen LogP contribution in [0, 0.1) is 0 Å². The van der Waals surface area contributed by atoms with Crippen molar-refractivity contribution in [3.05, 3.63) is 52.7 Å². The van der Waals surface area contributed by atoms with Crippen molar-refractivity contribution in [3.8, 4) is 5.75 Å². The van der Waals surface area contributed by atoms with Crippen LogP contribution >= 0.6 is 11.3 Å². The van der Waals surface area contributed by atoms with Crippen LogP contribution in [0.1, 0.15) is 25.8 Å². The lowest BCUT2D eigenvalue weighted by Gasteiger charge is -2.25. The smallest absolute Gasteiger partial charge is 0.263 e. The molecule has 3 nitrogen and oxygen atoms in total. The molecule has 0 unspecified atom stereocenters. The summed E-state index contributed by atoms with van der Waals surface area (Å²) in [5.74, 6) is 0.761. The van der Waals surface area contributed by atoms with Crippen LogP contribution in [0.5, 0.6) is 5.75 Å². The monoisotopic (exact) mass is 303 g/mol. The summed E-state index contributed by atoms with van der Waals surface area (Å²) in [5, 5.41) is 4.12. The second-order valence-corrected chi connectivity index (χ2v) is 5.74. The molecule has 2 rings (SSSR count). The Labute approximate surface area is 130 Å². The first-order chi connectivity index (χ1) is 10.2. The number of nitrogens with zero attached hydrogens (tertiary/aromatic N) is 1. The zero-order valence-corrected chi connectivity index (χ0v) is 13.3. The summed E-state index contributed by atoms with van der Waals surface area (Å²) in [6.45, 7) is 5.29. The van der Waals surface area contributed by atoms with E-state index < -0.39 is 6.10 Å². The summed E-state index contributed by atoms with van der Waals surface area (Å²) in [5.41, 5.74) is 1.17. The maximum Gasteiger partial charge on any atom is 0.263 e. The van der Waals surface area contributed by atoms with Gasteiger partial charge in [0.15, 0.2) is 6.10 Å². The van der Waals surface area contributed by atoms with E-state index in [0.717, 1.165) is 18.7 Å². The highest BCUT2D eigenvalue weighted by Crippen LogP contribution is 2.15. The Hall–Kier alpha value is -1.81. The standard InChI is InChI=1S/C17H21NO2S/c1-3-10-18(12-15-9-11-21-13-15)17(19)14(2)20-16-7-5-4-6-8-16/h4-9,11,13-14H,3,10,12H2,1-2H3/t14-/m1/s1. The van der Waals surface area contributed by atoms with E-state index in [1.54, 1.807) is 11.3 Å². The summed E-state index contributed by atoms with van der Waals surface area (Å²) in [4.78, 5) is 14.4. The van der Waals surface area contributed by atoms with Crippen molar-refractivity contribution in [2.24, 2.45) is 0 Å². The third-order valence-corrected chi connectivity index (χ3v) is 3.89. The predicted octanol–water partition coefficient (Wildman–Crippen LogP) is 3.95. The second-order valence-electron chi connectivity index (χ2n) is 4.96. The number of hydrogen-bond acceptors (Lipinski definition) is 3. The number of amides is 1. The number of ether oxygens (including phenoxy) is 1. The van der Waals surface area contributed by atoms with Crippen molar-refractivity contribution in [2.45, 2.75) is 32.9 Å². The second kappa shape index (κ2) is 7.84. The van der Waals surface area contributed by atoms with Gasteiger partial charge in [0, 0.05) is 13.1 Å². The summed E-state index contributed by atoms with van der Waals surface area (Å²) >= 11 is 1.65. The fraction of sp³-hybridized carbons (Fsp3) is 0.353. The molecular formula is C17H21NO2S. The average Bonchev–Trinajstić information content (AvgIpc) is 3.00. The van der Waals surface area contributed by atoms with E-state index in [2.05, 4.69) is 18.4 Å². The molecule has 0 N–H and O–H groups in total. The summed E-state index contributed by atoms with van der Waals surface area (Å²) in [6.07, 6.45) is 0.464. The third kappa shape index (κ3) is 4.60. The van der Waals surface area contributed by atoms with Gasteiger partial charge in [0.25, 0.3) is 5.91 Å². The quantitative estimate of drug-likeness (QED) is 0.775. The molecule has 1 aromatic heterocycles. The molecule has 2 aromatic rings. The highest BCUT2D eigenvalue weighted by atomic mass is 32.1. The van der Waals surface area contributed by atoms with E-state index in [1.807, 2.05) is 47.5 Å². The van der Waals surface area contributed by atoms with Crippen LogP contribution in [-0.4, -0.2) is 23.5 Å². The van der Waals surface area contributed by atoms with Gasteiger partial charge in [-0.1, -0.05) is 25.1 Å². The number of carbonyl (C=O) groups is 1. The number of hydrogen-bond donors (Lipinski definition) is 0. The lowest BCUT2D eigenvalue weighted by molar-refractivity contribution is -0.138. The molecule has 0 aliphatic carbocycles. The molecule has 4 heteroatoms. The number of rotatable bonds is 7. The molecule has 0 saturated carbocycles. The Balaban J connectivity index is 1.99. The molecule has 21 heavy (non-hydrogen) atoms. The molecule has 0 bridgehead atoms. The van der Waals surface area contributed by atoms with Gasteiger partial charge in [-0.3, -0.25) is 4.79 Å². The molecule has 1 aromatic carbocycles. The summed E-state index contributed by atoms with van der Waals surface area (Å²) < 4.78 is 5.73. The molecule has 0 fully saturated rings. The maximum absolute atomic E-state index is 12.6. The molecule has 0 radical (unpaired) electrons. The molecule has 0 saturated heterocycles. The minimum absolute atomic E-state index is 0.0342. The molecule has 0 aliphatic rings.